The molecule has 0 spiro atoms. The summed E-state index contributed by atoms with van der Waals surface area (Å²) in [6.07, 6.45) is 0. The molecule has 1 fully saturated rings. The Morgan fingerprint density at radius 3 is 2.48 bits per heavy atom. The van der Waals surface area contributed by atoms with Crippen molar-refractivity contribution >= 4 is 33.2 Å². The van der Waals surface area contributed by atoms with Gasteiger partial charge in [0.2, 0.25) is 5.91 Å². The third kappa shape index (κ3) is 4.55. The van der Waals surface area contributed by atoms with Crippen LogP contribution in [-0.2, 0) is 14.8 Å². The largest absolute Gasteiger partial charge is 0.343 e. The van der Waals surface area contributed by atoms with Crippen LogP contribution in [-0.4, -0.2) is 62.2 Å². The van der Waals surface area contributed by atoms with Crippen LogP contribution >= 0.6 is 11.3 Å². The molecule has 0 atom stereocenters. The van der Waals surface area contributed by atoms with Crippen LogP contribution in [0.2, 0.25) is 0 Å². The Kier molecular flexibility index (Phi) is 5.93. The maximum Gasteiger partial charge on any atom is 0.252 e. The lowest BCUT2D eigenvalue weighted by Crippen LogP contribution is -2.52. The number of aryl methyl sites for hydroxylation is 1. The van der Waals surface area contributed by atoms with Crippen LogP contribution in [0, 0.1) is 6.92 Å². The number of nitrogens with one attached hydrogen (secondary N) is 1. The predicted molar refractivity (Wildman–Crippen MR) is 103 cm³/mol. The Balaban J connectivity index is 1.51. The molecule has 3 rings (SSSR count). The summed E-state index contributed by atoms with van der Waals surface area (Å²) in [5, 5.41) is 4.35. The van der Waals surface area contributed by atoms with E-state index in [1.807, 2.05) is 13.0 Å². The lowest BCUT2D eigenvalue weighted by molar-refractivity contribution is -0.131. The standard InChI is InChI=1S/C18H21N3O4S2/c1-14-4-2-5-15(12-14)18(23)19-13-16(22)20-7-9-21(10-8-20)27(24,25)17-6-3-11-26-17/h2-6,11-12H,7-10,13H2,1H3,(H,19,23). The first-order valence-corrected chi connectivity index (χ1v) is 10.9. The van der Waals surface area contributed by atoms with Gasteiger partial charge in [0, 0.05) is 31.7 Å². The molecule has 0 radical (unpaired) electrons. The van der Waals surface area contributed by atoms with Crippen molar-refractivity contribution < 1.29 is 18.0 Å². The number of sulfonamides is 1. The second kappa shape index (κ2) is 8.20. The number of piperazine rings is 1. The van der Waals surface area contributed by atoms with Crippen LogP contribution in [0.4, 0.5) is 0 Å². The van der Waals surface area contributed by atoms with Gasteiger partial charge in [-0.05, 0) is 30.5 Å². The zero-order valence-electron chi connectivity index (χ0n) is 14.9. The Bertz CT molecular complexity index is 918. The van der Waals surface area contributed by atoms with Crippen molar-refractivity contribution in [2.24, 2.45) is 0 Å². The molecule has 0 unspecified atom stereocenters. The molecule has 0 aliphatic carbocycles. The topological polar surface area (TPSA) is 86.8 Å². The maximum absolute atomic E-state index is 12.5. The monoisotopic (exact) mass is 407 g/mol. The first-order valence-electron chi connectivity index (χ1n) is 8.54. The summed E-state index contributed by atoms with van der Waals surface area (Å²) in [6, 6.07) is 10.4. The molecular weight excluding hydrogens is 386 g/mol. The SMILES string of the molecule is Cc1cccc(C(=O)NCC(=O)N2CCN(S(=O)(=O)c3cccs3)CC2)c1. The smallest absolute Gasteiger partial charge is 0.252 e. The minimum atomic E-state index is -3.49. The van der Waals surface area contributed by atoms with Gasteiger partial charge in [-0.25, -0.2) is 8.42 Å². The normalized spacial score (nSPS) is 15.5. The third-order valence-electron chi connectivity index (χ3n) is 4.36. The van der Waals surface area contributed by atoms with Crippen molar-refractivity contribution in [1.29, 1.82) is 0 Å². The van der Waals surface area contributed by atoms with Gasteiger partial charge in [-0.2, -0.15) is 4.31 Å². The number of amides is 2. The summed E-state index contributed by atoms with van der Waals surface area (Å²) in [5.41, 5.74) is 1.48. The molecule has 1 aromatic carbocycles. The van der Waals surface area contributed by atoms with E-state index in [0.717, 1.165) is 5.56 Å². The maximum atomic E-state index is 12.5. The molecule has 1 aliphatic heterocycles. The number of hydrogen-bond donors (Lipinski definition) is 1. The molecule has 7 nitrogen and oxygen atoms in total. The Labute approximate surface area is 162 Å². The zero-order chi connectivity index (χ0) is 19.4. The van der Waals surface area contributed by atoms with E-state index in [0.29, 0.717) is 22.9 Å². The van der Waals surface area contributed by atoms with Gasteiger partial charge in [-0.3, -0.25) is 9.59 Å². The van der Waals surface area contributed by atoms with E-state index in [1.54, 1.807) is 40.6 Å². The predicted octanol–water partition coefficient (Wildman–Crippen LogP) is 1.32. The molecule has 1 N–H and O–H groups in total. The summed E-state index contributed by atoms with van der Waals surface area (Å²) in [6.45, 7) is 2.90. The molecule has 144 valence electrons. The zero-order valence-corrected chi connectivity index (χ0v) is 16.6. The van der Waals surface area contributed by atoms with Gasteiger partial charge in [0.25, 0.3) is 15.9 Å². The van der Waals surface area contributed by atoms with Crippen molar-refractivity contribution in [3.63, 3.8) is 0 Å². The minimum absolute atomic E-state index is 0.107. The molecule has 1 aliphatic rings. The van der Waals surface area contributed by atoms with E-state index in [1.165, 1.54) is 15.6 Å². The highest BCUT2D eigenvalue weighted by Gasteiger charge is 2.30. The second-order valence-electron chi connectivity index (χ2n) is 6.27. The Hall–Kier alpha value is -2.23. The van der Waals surface area contributed by atoms with Gasteiger partial charge in [0.1, 0.15) is 4.21 Å². The number of carbonyl (C=O) groups is 2. The first kappa shape index (κ1) is 19.5. The number of benzene rings is 1. The van der Waals surface area contributed by atoms with Crippen molar-refractivity contribution in [3.05, 3.63) is 52.9 Å². The van der Waals surface area contributed by atoms with Gasteiger partial charge in [-0.1, -0.05) is 23.8 Å². The molecule has 2 heterocycles. The van der Waals surface area contributed by atoms with Gasteiger partial charge in [0.05, 0.1) is 6.54 Å². The molecule has 0 saturated carbocycles. The molecule has 2 aromatic rings. The molecule has 2 amide bonds. The van der Waals surface area contributed by atoms with Crippen LogP contribution in [0.15, 0.2) is 46.0 Å². The van der Waals surface area contributed by atoms with E-state index in [-0.39, 0.29) is 31.4 Å². The Morgan fingerprint density at radius 1 is 1.11 bits per heavy atom. The molecule has 0 bridgehead atoms. The average Bonchev–Trinajstić information content (AvgIpc) is 3.21. The number of thiophene rings is 1. The minimum Gasteiger partial charge on any atom is -0.343 e. The van der Waals surface area contributed by atoms with Crippen molar-refractivity contribution in [1.82, 2.24) is 14.5 Å². The lowest BCUT2D eigenvalue weighted by Gasteiger charge is -2.33. The van der Waals surface area contributed by atoms with Crippen LogP contribution in [0.25, 0.3) is 0 Å². The van der Waals surface area contributed by atoms with Gasteiger partial charge in [0.15, 0.2) is 0 Å². The van der Waals surface area contributed by atoms with Crippen LogP contribution in [0.5, 0.6) is 0 Å². The van der Waals surface area contributed by atoms with E-state index < -0.39 is 10.0 Å². The molecular formula is C18H21N3O4S2. The molecule has 9 heteroatoms. The fraction of sp³-hybridized carbons (Fsp3) is 0.333. The van der Waals surface area contributed by atoms with Gasteiger partial charge in [-0.15, -0.1) is 11.3 Å². The highest BCUT2D eigenvalue weighted by atomic mass is 32.2. The van der Waals surface area contributed by atoms with Crippen LogP contribution < -0.4 is 5.32 Å². The summed E-state index contributed by atoms with van der Waals surface area (Å²) >= 11 is 1.18. The van der Waals surface area contributed by atoms with E-state index >= 15 is 0 Å². The van der Waals surface area contributed by atoms with Gasteiger partial charge >= 0.3 is 0 Å². The summed E-state index contributed by atoms with van der Waals surface area (Å²) < 4.78 is 26.7. The van der Waals surface area contributed by atoms with E-state index in [2.05, 4.69) is 5.32 Å². The second-order valence-corrected chi connectivity index (χ2v) is 9.38. The van der Waals surface area contributed by atoms with Gasteiger partial charge < -0.3 is 10.2 Å². The van der Waals surface area contributed by atoms with E-state index in [9.17, 15) is 18.0 Å². The van der Waals surface area contributed by atoms with Crippen LogP contribution in [0.1, 0.15) is 15.9 Å². The fourth-order valence-corrected chi connectivity index (χ4v) is 5.44. The number of hydrogen-bond acceptors (Lipinski definition) is 5. The number of carbonyl (C=O) groups excluding carboxylic acids is 2. The lowest BCUT2D eigenvalue weighted by atomic mass is 10.1. The summed E-state index contributed by atoms with van der Waals surface area (Å²) in [4.78, 5) is 26.0. The van der Waals surface area contributed by atoms with Crippen LogP contribution in [0.3, 0.4) is 0 Å². The van der Waals surface area contributed by atoms with Crippen molar-refractivity contribution in [2.45, 2.75) is 11.1 Å². The Morgan fingerprint density at radius 2 is 1.85 bits per heavy atom. The average molecular weight is 408 g/mol. The third-order valence-corrected chi connectivity index (χ3v) is 7.63. The van der Waals surface area contributed by atoms with E-state index in [4.69, 9.17) is 0 Å². The molecule has 1 aromatic heterocycles. The fourth-order valence-electron chi connectivity index (χ4n) is 2.87. The molecule has 27 heavy (non-hydrogen) atoms. The highest BCUT2D eigenvalue weighted by Crippen LogP contribution is 2.22. The highest BCUT2D eigenvalue weighted by molar-refractivity contribution is 7.91. The summed E-state index contributed by atoms with van der Waals surface area (Å²) in [5.74, 6) is -0.518. The quantitative estimate of drug-likeness (QED) is 0.810. The number of rotatable bonds is 5. The molecule has 1 saturated heterocycles. The number of nitrogens with zero attached hydrogens (tertiary/aromatic N) is 2. The first-order chi connectivity index (χ1) is 12.9. The van der Waals surface area contributed by atoms with Crippen molar-refractivity contribution in [2.75, 3.05) is 32.7 Å². The summed E-state index contributed by atoms with van der Waals surface area (Å²) in [7, 11) is -3.49. The van der Waals surface area contributed by atoms with Crippen molar-refractivity contribution in [3.8, 4) is 0 Å².